The molecule has 2 aliphatic heterocycles. The van der Waals surface area contributed by atoms with Crippen molar-refractivity contribution in [2.45, 2.75) is 121 Å². The van der Waals surface area contributed by atoms with Crippen LogP contribution >= 0.6 is 0 Å². The van der Waals surface area contributed by atoms with Gasteiger partial charge < -0.3 is 55.5 Å². The van der Waals surface area contributed by atoms with Gasteiger partial charge in [-0.1, -0.05) is 24.3 Å². The number of imide groups is 1. The van der Waals surface area contributed by atoms with Gasteiger partial charge in [-0.05, 0) is 130 Å². The van der Waals surface area contributed by atoms with Crippen LogP contribution in [0.25, 0.3) is 0 Å². The standard InChI is InChI=1S/C28H37F2N3O4.C25H31F2N3O3.C5H9NO3/c1-27(2,3)37-26(35)32-24(15-19-13-21(29)17-22(30)14-19)25(34)18-31-28(7-8-28)20-5-4-6-23(16-20)33-9-11-36-12-10-33;1-17(31)29-23(13-18-11-20(26)15-21(27)12-18)24(32)16-28-25(5-6-25)19-3-2-4-22(14-19)30-7-9-33-10-8-30;1-4(7)6(9-3)5(2)8/h4-6,13-14,16-17,24-25,31,34H,7-12,15,18H2,1-3H3,(H,32,35);2-4,11-12,14-15,23-24,28,32H,5-10,13,16H2,1H3,(H,29,31);1-3H3. The number of morpholine rings is 2. The second kappa shape index (κ2) is 28.3. The van der Waals surface area contributed by atoms with Crippen LogP contribution in [-0.2, 0) is 57.4 Å². The molecule has 8 rings (SSSR count). The molecule has 4 fully saturated rings. The van der Waals surface area contributed by atoms with E-state index in [1.165, 1.54) is 57.7 Å². The molecule has 2 heterocycles. The molecule has 4 aromatic rings. The zero-order valence-electron chi connectivity index (χ0n) is 46.2. The molecule has 2 aliphatic carbocycles. The van der Waals surface area contributed by atoms with Crippen molar-refractivity contribution in [3.8, 4) is 0 Å². The molecule has 6 N–H and O–H groups in total. The Hall–Kier alpha value is -6.20. The number of amides is 4. The van der Waals surface area contributed by atoms with Crippen LogP contribution in [0, 0.1) is 23.3 Å². The summed E-state index contributed by atoms with van der Waals surface area (Å²) in [5, 5.41) is 35.1. The Morgan fingerprint density at radius 2 is 1.00 bits per heavy atom. The van der Waals surface area contributed by atoms with E-state index in [1.807, 2.05) is 6.07 Å². The topological polar surface area (TPSA) is 203 Å². The van der Waals surface area contributed by atoms with Crippen molar-refractivity contribution in [2.75, 3.05) is 82.6 Å². The van der Waals surface area contributed by atoms with Gasteiger partial charge in [0.2, 0.25) is 17.7 Å². The SMILES string of the molecule is CC(=O)NC(Cc1cc(F)cc(F)c1)C(O)CNC1(c2cccc(N3CCOCC3)c2)CC1.CC(C)(C)OC(=O)NC(Cc1cc(F)cc(F)c1)C(O)CNC1(c2cccc(N3CCOCC3)c2)CC1.CON(C(C)=O)C(C)=O. The van der Waals surface area contributed by atoms with Crippen molar-refractivity contribution in [1.82, 2.24) is 26.3 Å². The number of aliphatic hydroxyl groups excluding tert-OH is 2. The summed E-state index contributed by atoms with van der Waals surface area (Å²) >= 11 is 0. The summed E-state index contributed by atoms with van der Waals surface area (Å²) in [5.41, 5.74) is 4.13. The predicted molar refractivity (Wildman–Crippen MR) is 290 cm³/mol. The van der Waals surface area contributed by atoms with Gasteiger partial charge in [0.15, 0.2) is 0 Å². The Kier molecular flexibility index (Phi) is 22.2. The molecule has 4 atom stereocenters. The van der Waals surface area contributed by atoms with Gasteiger partial charge in [0.05, 0.1) is 57.8 Å². The molecule has 21 heteroatoms. The number of benzene rings is 4. The number of carbonyl (C=O) groups excluding carboxylic acids is 4. The van der Waals surface area contributed by atoms with Gasteiger partial charge in [-0.2, -0.15) is 5.06 Å². The highest BCUT2D eigenvalue weighted by atomic mass is 19.1. The number of hydrogen-bond acceptors (Lipinski definition) is 14. The summed E-state index contributed by atoms with van der Waals surface area (Å²) in [5.74, 6) is -3.93. The second-order valence-corrected chi connectivity index (χ2v) is 21.4. The Balaban J connectivity index is 0.000000222. The van der Waals surface area contributed by atoms with Gasteiger partial charge in [-0.25, -0.2) is 22.4 Å². The van der Waals surface area contributed by atoms with E-state index < -0.39 is 71.1 Å². The summed E-state index contributed by atoms with van der Waals surface area (Å²) < 4.78 is 71.1. The van der Waals surface area contributed by atoms with E-state index in [-0.39, 0.29) is 42.9 Å². The number of alkyl carbamates (subject to hydrolysis) is 1. The van der Waals surface area contributed by atoms with Gasteiger partial charge in [0, 0.05) is 94.6 Å². The monoisotopic (exact) mass is 1110 g/mol. The second-order valence-electron chi connectivity index (χ2n) is 21.4. The molecule has 4 amide bonds. The number of anilines is 2. The lowest BCUT2D eigenvalue weighted by molar-refractivity contribution is -0.184. The first-order chi connectivity index (χ1) is 37.5. The maximum absolute atomic E-state index is 13.8. The van der Waals surface area contributed by atoms with Crippen molar-refractivity contribution in [3.05, 3.63) is 130 Å². The third-order valence-corrected chi connectivity index (χ3v) is 13.9. The largest absolute Gasteiger partial charge is 0.444 e. The molecule has 17 nitrogen and oxygen atoms in total. The number of hydroxylamine groups is 2. The molecule has 2 saturated heterocycles. The summed E-state index contributed by atoms with van der Waals surface area (Å²) in [6, 6.07) is 21.8. The summed E-state index contributed by atoms with van der Waals surface area (Å²) in [6.07, 6.45) is 1.24. The average molecular weight is 1110 g/mol. The quantitative estimate of drug-likeness (QED) is 0.0451. The summed E-state index contributed by atoms with van der Waals surface area (Å²) in [6.45, 7) is 15.8. The first-order valence-electron chi connectivity index (χ1n) is 26.7. The molecule has 79 heavy (non-hydrogen) atoms. The summed E-state index contributed by atoms with van der Waals surface area (Å²) in [4.78, 5) is 54.0. The Labute approximate surface area is 460 Å². The van der Waals surface area contributed by atoms with E-state index in [4.69, 9.17) is 14.2 Å². The number of halogens is 4. The molecule has 4 aromatic carbocycles. The molecular formula is C58H77F4N7O10. The third-order valence-electron chi connectivity index (χ3n) is 13.9. The molecule has 0 bridgehead atoms. The lowest BCUT2D eigenvalue weighted by atomic mass is 9.99. The van der Waals surface area contributed by atoms with Crippen LogP contribution in [-0.4, -0.2) is 142 Å². The van der Waals surface area contributed by atoms with Gasteiger partial charge in [-0.3, -0.25) is 19.2 Å². The van der Waals surface area contributed by atoms with Gasteiger partial charge >= 0.3 is 6.09 Å². The highest BCUT2D eigenvalue weighted by Crippen LogP contribution is 2.47. The van der Waals surface area contributed by atoms with Crippen LogP contribution in [0.3, 0.4) is 0 Å². The zero-order valence-corrected chi connectivity index (χ0v) is 46.2. The number of nitrogens with zero attached hydrogens (tertiary/aromatic N) is 3. The fourth-order valence-corrected chi connectivity index (χ4v) is 9.64. The molecular weight excluding hydrogens is 1030 g/mol. The lowest BCUT2D eigenvalue weighted by Gasteiger charge is -2.30. The lowest BCUT2D eigenvalue weighted by Crippen LogP contribution is -2.51. The van der Waals surface area contributed by atoms with Crippen LogP contribution in [0.15, 0.2) is 84.9 Å². The predicted octanol–water partition coefficient (Wildman–Crippen LogP) is 6.31. The first kappa shape index (κ1) is 62.0. The maximum atomic E-state index is 13.8. The minimum absolute atomic E-state index is 0.0380. The van der Waals surface area contributed by atoms with E-state index in [0.717, 1.165) is 94.1 Å². The Morgan fingerprint density at radius 1 is 0.620 bits per heavy atom. The van der Waals surface area contributed by atoms with Crippen LogP contribution < -0.4 is 31.1 Å². The Morgan fingerprint density at radius 3 is 1.32 bits per heavy atom. The highest BCUT2D eigenvalue weighted by molar-refractivity contribution is 5.91. The van der Waals surface area contributed by atoms with Crippen LogP contribution in [0.5, 0.6) is 0 Å². The number of carbonyl (C=O) groups is 4. The van der Waals surface area contributed by atoms with Crippen LogP contribution in [0.2, 0.25) is 0 Å². The molecule has 4 aliphatic rings. The molecule has 0 aromatic heterocycles. The molecule has 432 valence electrons. The van der Waals surface area contributed by atoms with Gasteiger partial charge in [0.25, 0.3) is 0 Å². The zero-order chi connectivity index (χ0) is 57.5. The molecule has 0 radical (unpaired) electrons. The average Bonchev–Trinajstić information content (AvgIpc) is 4.50. The number of hydrogen-bond donors (Lipinski definition) is 6. The van der Waals surface area contributed by atoms with E-state index in [9.17, 15) is 47.0 Å². The van der Waals surface area contributed by atoms with E-state index in [2.05, 4.69) is 78.4 Å². The van der Waals surface area contributed by atoms with E-state index in [0.29, 0.717) is 29.4 Å². The maximum Gasteiger partial charge on any atom is 0.407 e. The highest BCUT2D eigenvalue weighted by Gasteiger charge is 2.46. The van der Waals surface area contributed by atoms with Crippen molar-refractivity contribution in [3.63, 3.8) is 0 Å². The first-order valence-corrected chi connectivity index (χ1v) is 26.7. The van der Waals surface area contributed by atoms with Gasteiger partial charge in [0.1, 0.15) is 28.9 Å². The summed E-state index contributed by atoms with van der Waals surface area (Å²) in [7, 11) is 1.27. The van der Waals surface area contributed by atoms with Gasteiger partial charge in [-0.15, -0.1) is 0 Å². The third kappa shape index (κ3) is 19.3. The van der Waals surface area contributed by atoms with Crippen molar-refractivity contribution in [2.24, 2.45) is 0 Å². The molecule has 2 saturated carbocycles. The van der Waals surface area contributed by atoms with Crippen molar-refractivity contribution >= 4 is 35.2 Å². The number of rotatable bonds is 19. The van der Waals surface area contributed by atoms with Crippen LogP contribution in [0.4, 0.5) is 33.7 Å². The number of nitrogens with one attached hydrogen (secondary N) is 4. The Bertz CT molecular complexity index is 2620. The van der Waals surface area contributed by atoms with Crippen molar-refractivity contribution < 1.29 is 66.0 Å². The normalized spacial score (nSPS) is 17.7. The van der Waals surface area contributed by atoms with Crippen molar-refractivity contribution in [1.29, 1.82) is 0 Å². The fourth-order valence-electron chi connectivity index (χ4n) is 9.64. The minimum Gasteiger partial charge on any atom is -0.444 e. The number of aliphatic hydroxyl groups is 2. The van der Waals surface area contributed by atoms with E-state index >= 15 is 0 Å². The smallest absolute Gasteiger partial charge is 0.407 e. The fraction of sp³-hybridized carbons (Fsp3) is 0.517. The molecule has 4 unspecified atom stereocenters. The molecule has 0 spiro atoms. The number of ether oxygens (including phenoxy) is 3. The van der Waals surface area contributed by atoms with Crippen LogP contribution in [0.1, 0.15) is 89.5 Å². The van der Waals surface area contributed by atoms with E-state index in [1.54, 1.807) is 20.8 Å². The minimum atomic E-state index is -1.03.